The Hall–Kier alpha value is -3.37. The fourth-order valence-electron chi connectivity index (χ4n) is 4.01. The number of halogens is 1. The maximum Gasteiger partial charge on any atom is 0.251 e. The lowest BCUT2D eigenvalue weighted by molar-refractivity contribution is 0.0489. The van der Waals surface area contributed by atoms with Gasteiger partial charge in [-0.1, -0.05) is 23.7 Å². The number of amides is 1. The van der Waals surface area contributed by atoms with Crippen molar-refractivity contribution < 1.29 is 29.2 Å². The lowest BCUT2D eigenvalue weighted by atomic mass is 9.90. The summed E-state index contributed by atoms with van der Waals surface area (Å²) in [5.41, 5.74) is 6.84. The van der Waals surface area contributed by atoms with Crippen molar-refractivity contribution in [2.45, 2.75) is 25.0 Å². The highest BCUT2D eigenvalue weighted by Gasteiger charge is 2.38. The number of hydrogen-bond acceptors (Lipinski definition) is 8. The Morgan fingerprint density at radius 1 is 1.24 bits per heavy atom. The lowest BCUT2D eigenvalue weighted by Gasteiger charge is -2.26. The molecule has 10 heteroatoms. The number of rotatable bonds is 9. The molecule has 9 nitrogen and oxygen atoms in total. The largest absolute Gasteiger partial charge is 0.493 e. The van der Waals surface area contributed by atoms with Crippen molar-refractivity contribution in [3.8, 4) is 28.5 Å². The van der Waals surface area contributed by atoms with E-state index in [0.717, 1.165) is 11.1 Å². The van der Waals surface area contributed by atoms with E-state index in [1.54, 1.807) is 37.3 Å². The van der Waals surface area contributed by atoms with Crippen LogP contribution in [-0.2, 0) is 11.1 Å². The van der Waals surface area contributed by atoms with Gasteiger partial charge in [0.05, 0.1) is 31.5 Å². The summed E-state index contributed by atoms with van der Waals surface area (Å²) < 4.78 is 16.6. The minimum Gasteiger partial charge on any atom is -0.493 e. The highest BCUT2D eigenvalue weighted by molar-refractivity contribution is 6.30. The number of aliphatic hydroxyl groups excluding tert-OH is 1. The normalized spacial score (nSPS) is 17.9. The van der Waals surface area contributed by atoms with Crippen LogP contribution < -0.4 is 25.3 Å². The molecule has 1 aliphatic rings. The molecule has 4 rings (SSSR count). The minimum atomic E-state index is -1.53. The molecular weight excluding hydrogens is 498 g/mol. The number of methoxy groups -OCH3 is 1. The summed E-state index contributed by atoms with van der Waals surface area (Å²) in [7, 11) is 1.46. The molecule has 0 aliphatic carbocycles. The van der Waals surface area contributed by atoms with E-state index in [4.69, 9.17) is 41.6 Å². The second-order valence-corrected chi connectivity index (χ2v) is 9.78. The number of nitrogens with one attached hydrogen (secondary N) is 1. The third-order valence-corrected chi connectivity index (χ3v) is 6.39. The molecule has 2 atom stereocenters. The van der Waals surface area contributed by atoms with Gasteiger partial charge in [-0.3, -0.25) is 4.79 Å². The van der Waals surface area contributed by atoms with Gasteiger partial charge in [0, 0.05) is 21.7 Å². The summed E-state index contributed by atoms with van der Waals surface area (Å²) in [5.74, 6) is 0.900. The van der Waals surface area contributed by atoms with Crippen LogP contribution in [0.5, 0.6) is 17.2 Å². The fourth-order valence-corrected chi connectivity index (χ4v) is 4.14. The number of nitrogens with two attached hydrogens (primary N) is 1. The van der Waals surface area contributed by atoms with Gasteiger partial charge in [-0.25, -0.2) is 4.98 Å². The van der Waals surface area contributed by atoms with Crippen molar-refractivity contribution in [1.29, 1.82) is 0 Å². The SMILES string of the molecule is COc1cc(C(=O)NCC(C)(O)c2cc3c(c(-c4ccc(Cl)cc4)n2)OCC3(C)N)ccc1OCCO. The molecule has 1 aromatic heterocycles. The third kappa shape index (κ3) is 5.65. The summed E-state index contributed by atoms with van der Waals surface area (Å²) in [4.78, 5) is 17.6. The Bertz CT molecular complexity index is 1290. The zero-order valence-electron chi connectivity index (χ0n) is 20.9. The number of aromatic nitrogens is 1. The van der Waals surface area contributed by atoms with Crippen LogP contribution in [0.2, 0.25) is 5.02 Å². The van der Waals surface area contributed by atoms with Crippen molar-refractivity contribution in [3.63, 3.8) is 0 Å². The average Bonchev–Trinajstić information content (AvgIpc) is 3.20. The summed E-state index contributed by atoms with van der Waals surface area (Å²) >= 11 is 6.06. The first-order valence-electron chi connectivity index (χ1n) is 11.7. The Morgan fingerprint density at radius 2 is 1.97 bits per heavy atom. The first-order chi connectivity index (χ1) is 17.6. The topological polar surface area (TPSA) is 136 Å². The van der Waals surface area contributed by atoms with Gasteiger partial charge < -0.3 is 35.5 Å². The average molecular weight is 528 g/mol. The van der Waals surface area contributed by atoms with Crippen LogP contribution in [0.3, 0.4) is 0 Å². The summed E-state index contributed by atoms with van der Waals surface area (Å²) in [6.45, 7) is 3.53. The molecule has 0 spiro atoms. The van der Waals surface area contributed by atoms with Gasteiger partial charge in [0.15, 0.2) is 17.2 Å². The van der Waals surface area contributed by atoms with E-state index in [-0.39, 0.29) is 26.4 Å². The van der Waals surface area contributed by atoms with Crippen LogP contribution in [0.25, 0.3) is 11.3 Å². The van der Waals surface area contributed by atoms with Gasteiger partial charge in [-0.05, 0) is 50.2 Å². The molecule has 196 valence electrons. The van der Waals surface area contributed by atoms with Crippen molar-refractivity contribution >= 4 is 17.5 Å². The predicted molar refractivity (Wildman–Crippen MR) is 139 cm³/mol. The Morgan fingerprint density at radius 3 is 2.65 bits per heavy atom. The molecule has 37 heavy (non-hydrogen) atoms. The Kier molecular flexibility index (Phi) is 7.61. The molecule has 1 aliphatic heterocycles. The number of ether oxygens (including phenoxy) is 3. The first-order valence-corrected chi connectivity index (χ1v) is 12.1. The second kappa shape index (κ2) is 10.5. The van der Waals surface area contributed by atoms with E-state index in [2.05, 4.69) is 5.32 Å². The van der Waals surface area contributed by atoms with Crippen LogP contribution in [0, 0.1) is 0 Å². The molecule has 0 bridgehead atoms. The number of hydrogen-bond donors (Lipinski definition) is 4. The zero-order chi connectivity index (χ0) is 26.8. The number of fused-ring (bicyclic) bond motifs is 1. The quantitative estimate of drug-likeness (QED) is 0.333. The number of carbonyl (C=O) groups is 1. The van der Waals surface area contributed by atoms with Crippen LogP contribution in [0.15, 0.2) is 48.5 Å². The smallest absolute Gasteiger partial charge is 0.251 e. The van der Waals surface area contributed by atoms with Crippen molar-refractivity contribution in [1.82, 2.24) is 10.3 Å². The number of nitrogens with zero attached hydrogens (tertiary/aromatic N) is 1. The van der Waals surface area contributed by atoms with E-state index < -0.39 is 17.0 Å². The van der Waals surface area contributed by atoms with E-state index in [0.29, 0.717) is 39.2 Å². The Labute approximate surface area is 220 Å². The molecule has 2 unspecified atom stereocenters. The van der Waals surface area contributed by atoms with Gasteiger partial charge in [-0.2, -0.15) is 0 Å². The standard InChI is InChI=1S/C27H30ClN3O6/c1-26(29)15-37-24-19(26)13-22(31-23(24)16-4-7-18(28)8-5-16)27(2,34)14-30-25(33)17-6-9-20(36-11-10-32)21(12-17)35-3/h4-9,12-13,32,34H,10-11,14-15,29H2,1-3H3,(H,30,33). The minimum absolute atomic E-state index is 0.101. The van der Waals surface area contributed by atoms with E-state index in [9.17, 15) is 9.90 Å². The highest BCUT2D eigenvalue weighted by Crippen LogP contribution is 2.43. The second-order valence-electron chi connectivity index (χ2n) is 9.34. The molecule has 0 radical (unpaired) electrons. The molecular formula is C27H30ClN3O6. The maximum absolute atomic E-state index is 12.9. The first kappa shape index (κ1) is 26.7. The van der Waals surface area contributed by atoms with Gasteiger partial charge in [-0.15, -0.1) is 0 Å². The molecule has 3 aromatic rings. The highest BCUT2D eigenvalue weighted by atomic mass is 35.5. The van der Waals surface area contributed by atoms with Gasteiger partial charge in [0.2, 0.25) is 0 Å². The fraction of sp³-hybridized carbons (Fsp3) is 0.333. The molecule has 0 fully saturated rings. The number of pyridine rings is 1. The van der Waals surface area contributed by atoms with E-state index in [1.807, 2.05) is 19.1 Å². The monoisotopic (exact) mass is 527 g/mol. The molecule has 5 N–H and O–H groups in total. The predicted octanol–water partition coefficient (Wildman–Crippen LogP) is 2.99. The summed E-state index contributed by atoms with van der Waals surface area (Å²) in [5, 5.41) is 23.7. The molecule has 0 saturated carbocycles. The molecule has 0 saturated heterocycles. The lowest BCUT2D eigenvalue weighted by Crippen LogP contribution is -2.40. The molecule has 2 aromatic carbocycles. The van der Waals surface area contributed by atoms with Crippen LogP contribution >= 0.6 is 11.6 Å². The van der Waals surface area contributed by atoms with Crippen LogP contribution in [0.4, 0.5) is 0 Å². The maximum atomic E-state index is 12.9. The molecule has 2 heterocycles. The molecule has 1 amide bonds. The van der Waals surface area contributed by atoms with E-state index in [1.165, 1.54) is 13.2 Å². The van der Waals surface area contributed by atoms with Crippen molar-refractivity contribution in [2.75, 3.05) is 33.5 Å². The van der Waals surface area contributed by atoms with Gasteiger partial charge in [0.1, 0.15) is 24.5 Å². The Balaban J connectivity index is 1.60. The van der Waals surface area contributed by atoms with E-state index >= 15 is 0 Å². The number of carbonyl (C=O) groups excluding carboxylic acids is 1. The van der Waals surface area contributed by atoms with Gasteiger partial charge >= 0.3 is 0 Å². The van der Waals surface area contributed by atoms with Crippen LogP contribution in [-0.4, -0.2) is 54.6 Å². The number of benzene rings is 2. The van der Waals surface area contributed by atoms with Crippen molar-refractivity contribution in [3.05, 3.63) is 70.4 Å². The zero-order valence-corrected chi connectivity index (χ0v) is 21.6. The number of aliphatic hydroxyl groups is 2. The van der Waals surface area contributed by atoms with Gasteiger partial charge in [0.25, 0.3) is 5.91 Å². The summed E-state index contributed by atoms with van der Waals surface area (Å²) in [6.07, 6.45) is 0. The summed E-state index contributed by atoms with van der Waals surface area (Å²) in [6, 6.07) is 13.6. The third-order valence-electron chi connectivity index (χ3n) is 6.14. The van der Waals surface area contributed by atoms with Crippen LogP contribution in [0.1, 0.15) is 35.5 Å². The van der Waals surface area contributed by atoms with Crippen molar-refractivity contribution in [2.24, 2.45) is 5.73 Å².